The minimum Gasteiger partial charge on any atom is -0.384 e. The summed E-state index contributed by atoms with van der Waals surface area (Å²) in [6, 6.07) is 13.0. The topological polar surface area (TPSA) is 80.4 Å². The molecule has 2 atom stereocenters. The number of non-ortho nitro benzene ring substituents is 1. The molecular weight excluding hydrogens is 258 g/mol. The molecule has 1 N–H and O–H groups in total. The molecule has 0 radical (unpaired) electrons. The second-order valence-electron chi connectivity index (χ2n) is 4.72. The highest BCUT2D eigenvalue weighted by molar-refractivity contribution is 6.05. The minimum atomic E-state index is -1.13. The Kier molecular flexibility index (Phi) is 2.84. The number of aliphatic hydroxyl groups excluding tert-OH is 1. The maximum absolute atomic E-state index is 12.0. The maximum Gasteiger partial charge on any atom is 0.269 e. The van der Waals surface area contributed by atoms with Crippen LogP contribution in [0.1, 0.15) is 27.4 Å². The van der Waals surface area contributed by atoms with Crippen LogP contribution in [0.3, 0.4) is 0 Å². The van der Waals surface area contributed by atoms with E-state index in [2.05, 4.69) is 0 Å². The Hall–Kier alpha value is -2.53. The molecule has 0 saturated heterocycles. The summed E-state index contributed by atoms with van der Waals surface area (Å²) in [7, 11) is 0. The van der Waals surface area contributed by atoms with E-state index in [0.29, 0.717) is 11.1 Å². The van der Waals surface area contributed by atoms with Crippen LogP contribution in [0.2, 0.25) is 0 Å². The van der Waals surface area contributed by atoms with Crippen LogP contribution >= 0.6 is 0 Å². The molecular formula is C15H11NO4. The molecule has 0 spiro atoms. The van der Waals surface area contributed by atoms with Crippen LogP contribution in [0, 0.1) is 10.1 Å². The molecule has 100 valence electrons. The Bertz CT molecular complexity index is 693. The highest BCUT2D eigenvalue weighted by Crippen LogP contribution is 2.38. The Morgan fingerprint density at radius 3 is 2.35 bits per heavy atom. The fraction of sp³-hybridized carbons (Fsp3) is 0.133. The Morgan fingerprint density at radius 1 is 1.05 bits per heavy atom. The van der Waals surface area contributed by atoms with Gasteiger partial charge in [0, 0.05) is 23.6 Å². The molecule has 1 aliphatic rings. The van der Waals surface area contributed by atoms with Crippen molar-refractivity contribution in [3.63, 3.8) is 0 Å². The number of aliphatic hydroxyl groups is 1. The standard InChI is InChI=1S/C15H11NO4/c17-14-12-4-2-1-3-11(12)13(15(14)18)9-5-7-10(8-6-9)16(19)20/h1-8,13,15,18H. The summed E-state index contributed by atoms with van der Waals surface area (Å²) in [5, 5.41) is 20.8. The zero-order valence-electron chi connectivity index (χ0n) is 10.4. The van der Waals surface area contributed by atoms with Gasteiger partial charge >= 0.3 is 0 Å². The van der Waals surface area contributed by atoms with Crippen molar-refractivity contribution in [2.75, 3.05) is 0 Å². The normalized spacial score (nSPS) is 20.8. The number of nitrogens with zero attached hydrogens (tertiary/aromatic N) is 1. The van der Waals surface area contributed by atoms with Crippen LogP contribution in [0.25, 0.3) is 0 Å². The second-order valence-corrected chi connectivity index (χ2v) is 4.72. The summed E-state index contributed by atoms with van der Waals surface area (Å²) in [6.07, 6.45) is -1.13. The van der Waals surface area contributed by atoms with Gasteiger partial charge in [0.2, 0.25) is 0 Å². The van der Waals surface area contributed by atoms with E-state index in [1.165, 1.54) is 12.1 Å². The van der Waals surface area contributed by atoms with Gasteiger partial charge in [-0.1, -0.05) is 36.4 Å². The average molecular weight is 269 g/mol. The van der Waals surface area contributed by atoms with E-state index in [4.69, 9.17) is 0 Å². The fourth-order valence-electron chi connectivity index (χ4n) is 2.64. The molecule has 0 aliphatic heterocycles. The molecule has 2 unspecified atom stereocenters. The van der Waals surface area contributed by atoms with Crippen molar-refractivity contribution in [3.8, 4) is 0 Å². The largest absolute Gasteiger partial charge is 0.384 e. The third kappa shape index (κ3) is 1.80. The lowest BCUT2D eigenvalue weighted by Crippen LogP contribution is -2.20. The summed E-state index contributed by atoms with van der Waals surface area (Å²) >= 11 is 0. The van der Waals surface area contributed by atoms with Gasteiger partial charge in [-0.3, -0.25) is 14.9 Å². The lowest BCUT2D eigenvalue weighted by molar-refractivity contribution is -0.384. The van der Waals surface area contributed by atoms with E-state index in [0.717, 1.165) is 5.56 Å². The van der Waals surface area contributed by atoms with Crippen molar-refractivity contribution >= 4 is 11.5 Å². The van der Waals surface area contributed by atoms with Gasteiger partial charge < -0.3 is 5.11 Å². The molecule has 20 heavy (non-hydrogen) atoms. The van der Waals surface area contributed by atoms with E-state index >= 15 is 0 Å². The zero-order chi connectivity index (χ0) is 14.3. The van der Waals surface area contributed by atoms with E-state index in [1.807, 2.05) is 6.07 Å². The summed E-state index contributed by atoms with van der Waals surface area (Å²) in [5.41, 5.74) is 1.96. The molecule has 0 fully saturated rings. The van der Waals surface area contributed by atoms with Gasteiger partial charge in [-0.2, -0.15) is 0 Å². The van der Waals surface area contributed by atoms with Crippen molar-refractivity contribution in [1.82, 2.24) is 0 Å². The van der Waals surface area contributed by atoms with Crippen LogP contribution in [-0.2, 0) is 0 Å². The lowest BCUT2D eigenvalue weighted by atomic mass is 9.91. The summed E-state index contributed by atoms with van der Waals surface area (Å²) in [4.78, 5) is 22.2. The van der Waals surface area contributed by atoms with Crippen LogP contribution < -0.4 is 0 Å². The van der Waals surface area contributed by atoms with E-state index in [9.17, 15) is 20.0 Å². The summed E-state index contributed by atoms with van der Waals surface area (Å²) in [6.45, 7) is 0. The number of carbonyl (C=O) groups is 1. The highest BCUT2D eigenvalue weighted by Gasteiger charge is 2.39. The molecule has 0 saturated carbocycles. The van der Waals surface area contributed by atoms with Crippen molar-refractivity contribution < 1.29 is 14.8 Å². The van der Waals surface area contributed by atoms with Crippen molar-refractivity contribution in [2.45, 2.75) is 12.0 Å². The Balaban J connectivity index is 2.06. The quantitative estimate of drug-likeness (QED) is 0.670. The zero-order valence-corrected chi connectivity index (χ0v) is 10.4. The first-order valence-electron chi connectivity index (χ1n) is 6.15. The van der Waals surface area contributed by atoms with Crippen LogP contribution in [0.4, 0.5) is 5.69 Å². The van der Waals surface area contributed by atoms with Gasteiger partial charge in [0.25, 0.3) is 5.69 Å². The van der Waals surface area contributed by atoms with Crippen LogP contribution in [-0.4, -0.2) is 21.9 Å². The molecule has 0 bridgehead atoms. The number of nitro benzene ring substituents is 1. The van der Waals surface area contributed by atoms with Gasteiger partial charge in [-0.25, -0.2) is 0 Å². The van der Waals surface area contributed by atoms with Gasteiger partial charge in [0.15, 0.2) is 5.78 Å². The molecule has 0 heterocycles. The molecule has 0 aromatic heterocycles. The van der Waals surface area contributed by atoms with Crippen LogP contribution in [0.5, 0.6) is 0 Å². The molecule has 3 rings (SSSR count). The van der Waals surface area contributed by atoms with Gasteiger partial charge in [0.05, 0.1) is 4.92 Å². The number of Topliss-reactive ketones (excluding diaryl/α,β-unsaturated/α-hetero) is 1. The SMILES string of the molecule is O=C1c2ccccc2C(c2ccc([N+](=O)[O-])cc2)C1O. The highest BCUT2D eigenvalue weighted by atomic mass is 16.6. The first-order valence-corrected chi connectivity index (χ1v) is 6.15. The first kappa shape index (κ1) is 12.5. The van der Waals surface area contributed by atoms with Crippen molar-refractivity contribution in [3.05, 3.63) is 75.3 Å². The van der Waals surface area contributed by atoms with Crippen LogP contribution in [0.15, 0.2) is 48.5 Å². The third-order valence-corrected chi connectivity index (χ3v) is 3.61. The third-order valence-electron chi connectivity index (χ3n) is 3.61. The van der Waals surface area contributed by atoms with Crippen molar-refractivity contribution in [1.29, 1.82) is 0 Å². The minimum absolute atomic E-state index is 0.0131. The van der Waals surface area contributed by atoms with Gasteiger partial charge in [-0.05, 0) is 11.1 Å². The summed E-state index contributed by atoms with van der Waals surface area (Å²) < 4.78 is 0. The number of rotatable bonds is 2. The number of hydrogen-bond donors (Lipinski definition) is 1. The number of carbonyl (C=O) groups excluding carboxylic acids is 1. The number of nitro groups is 1. The predicted molar refractivity (Wildman–Crippen MR) is 71.7 cm³/mol. The molecule has 0 amide bonds. The molecule has 5 nitrogen and oxygen atoms in total. The average Bonchev–Trinajstić information content (AvgIpc) is 2.72. The monoisotopic (exact) mass is 269 g/mol. The number of fused-ring (bicyclic) bond motifs is 1. The van der Waals surface area contributed by atoms with Gasteiger partial charge in [-0.15, -0.1) is 0 Å². The Morgan fingerprint density at radius 2 is 1.70 bits per heavy atom. The van der Waals surface area contributed by atoms with E-state index in [1.54, 1.807) is 30.3 Å². The summed E-state index contributed by atoms with van der Waals surface area (Å²) in [5.74, 6) is -0.761. The Labute approximate surface area is 114 Å². The van der Waals surface area contributed by atoms with Crippen molar-refractivity contribution in [2.24, 2.45) is 0 Å². The molecule has 1 aliphatic carbocycles. The first-order chi connectivity index (χ1) is 9.59. The lowest BCUT2D eigenvalue weighted by Gasteiger charge is -2.15. The smallest absolute Gasteiger partial charge is 0.269 e. The van der Waals surface area contributed by atoms with Gasteiger partial charge in [0.1, 0.15) is 6.10 Å². The number of hydrogen-bond acceptors (Lipinski definition) is 4. The number of benzene rings is 2. The number of ketones is 1. The maximum atomic E-state index is 12.0. The molecule has 2 aromatic carbocycles. The molecule has 5 heteroatoms. The fourth-order valence-corrected chi connectivity index (χ4v) is 2.64. The predicted octanol–water partition coefficient (Wildman–Crippen LogP) is 2.28. The van der Waals surface area contributed by atoms with E-state index in [-0.39, 0.29) is 11.5 Å². The second kappa shape index (κ2) is 4.54. The molecule has 2 aromatic rings. The van der Waals surface area contributed by atoms with E-state index < -0.39 is 16.9 Å².